The molecule has 0 spiro atoms. The zero-order chi connectivity index (χ0) is 14.7. The molecule has 0 aliphatic carbocycles. The molecule has 0 radical (unpaired) electrons. The SMILES string of the molecule is Cc1occc1CN(C)C(=O)N1CCSCC1C(=O)O. The minimum absolute atomic E-state index is 0.252. The lowest BCUT2D eigenvalue weighted by Gasteiger charge is -2.35. The second-order valence-electron chi connectivity index (χ2n) is 4.76. The zero-order valence-corrected chi connectivity index (χ0v) is 12.4. The van der Waals surface area contributed by atoms with Crippen LogP contribution in [0.5, 0.6) is 0 Å². The Balaban J connectivity index is 2.05. The van der Waals surface area contributed by atoms with Crippen LogP contribution in [0.25, 0.3) is 0 Å². The van der Waals surface area contributed by atoms with Gasteiger partial charge in [-0.2, -0.15) is 11.8 Å². The Kier molecular flexibility index (Phi) is 4.59. The first-order valence-electron chi connectivity index (χ1n) is 6.36. The van der Waals surface area contributed by atoms with E-state index in [1.807, 2.05) is 13.0 Å². The molecule has 1 fully saturated rings. The fourth-order valence-electron chi connectivity index (χ4n) is 2.15. The van der Waals surface area contributed by atoms with Gasteiger partial charge in [-0.3, -0.25) is 0 Å². The molecule has 110 valence electrons. The second kappa shape index (κ2) is 6.21. The molecule has 2 rings (SSSR count). The Morgan fingerprint density at radius 1 is 1.60 bits per heavy atom. The van der Waals surface area contributed by atoms with Gasteiger partial charge in [0, 0.05) is 30.7 Å². The summed E-state index contributed by atoms with van der Waals surface area (Å²) in [5.74, 6) is 1.04. The molecule has 1 N–H and O–H groups in total. The van der Waals surface area contributed by atoms with E-state index in [1.54, 1.807) is 25.1 Å². The molecule has 0 aromatic carbocycles. The minimum atomic E-state index is -0.946. The molecule has 2 amide bonds. The van der Waals surface area contributed by atoms with Gasteiger partial charge in [0.15, 0.2) is 0 Å². The van der Waals surface area contributed by atoms with Gasteiger partial charge in [0.2, 0.25) is 0 Å². The van der Waals surface area contributed by atoms with E-state index in [9.17, 15) is 14.7 Å². The molecule has 1 aromatic rings. The largest absolute Gasteiger partial charge is 0.480 e. The van der Waals surface area contributed by atoms with Crippen LogP contribution >= 0.6 is 11.8 Å². The summed E-state index contributed by atoms with van der Waals surface area (Å²) in [5.41, 5.74) is 0.930. The summed E-state index contributed by atoms with van der Waals surface area (Å²) in [4.78, 5) is 26.6. The molecule has 0 bridgehead atoms. The molecule has 1 atom stereocenters. The number of amides is 2. The molecule has 1 aromatic heterocycles. The summed E-state index contributed by atoms with van der Waals surface area (Å²) in [5, 5.41) is 9.20. The molecule has 1 saturated heterocycles. The third kappa shape index (κ3) is 3.09. The highest BCUT2D eigenvalue weighted by molar-refractivity contribution is 7.99. The average Bonchev–Trinajstić information content (AvgIpc) is 2.83. The fourth-order valence-corrected chi connectivity index (χ4v) is 3.19. The van der Waals surface area contributed by atoms with E-state index in [1.165, 1.54) is 9.80 Å². The van der Waals surface area contributed by atoms with Gasteiger partial charge < -0.3 is 19.3 Å². The van der Waals surface area contributed by atoms with Crippen molar-refractivity contribution < 1.29 is 19.1 Å². The third-order valence-electron chi connectivity index (χ3n) is 3.36. The zero-order valence-electron chi connectivity index (χ0n) is 11.5. The maximum atomic E-state index is 12.4. The predicted molar refractivity (Wildman–Crippen MR) is 75.8 cm³/mol. The van der Waals surface area contributed by atoms with Crippen molar-refractivity contribution in [2.24, 2.45) is 0 Å². The molecule has 1 unspecified atom stereocenters. The van der Waals surface area contributed by atoms with Gasteiger partial charge >= 0.3 is 12.0 Å². The van der Waals surface area contributed by atoms with Crippen LogP contribution in [0.2, 0.25) is 0 Å². The summed E-state index contributed by atoms with van der Waals surface area (Å²) in [6, 6.07) is 0.826. The Morgan fingerprint density at radius 3 is 2.95 bits per heavy atom. The maximum Gasteiger partial charge on any atom is 0.327 e. The number of hydrogen-bond acceptors (Lipinski definition) is 4. The lowest BCUT2D eigenvalue weighted by Crippen LogP contribution is -2.53. The smallest absolute Gasteiger partial charge is 0.327 e. The van der Waals surface area contributed by atoms with Crippen molar-refractivity contribution in [1.29, 1.82) is 0 Å². The van der Waals surface area contributed by atoms with Gasteiger partial charge in [0.25, 0.3) is 0 Å². The number of aliphatic carboxylic acids is 1. The molecule has 1 aliphatic heterocycles. The highest BCUT2D eigenvalue weighted by Crippen LogP contribution is 2.19. The van der Waals surface area contributed by atoms with Crippen LogP contribution in [0.3, 0.4) is 0 Å². The number of carbonyl (C=O) groups excluding carboxylic acids is 1. The topological polar surface area (TPSA) is 74.0 Å². The number of furan rings is 1. The van der Waals surface area contributed by atoms with Gasteiger partial charge in [0.1, 0.15) is 11.8 Å². The lowest BCUT2D eigenvalue weighted by atomic mass is 10.2. The van der Waals surface area contributed by atoms with Crippen LogP contribution in [-0.4, -0.2) is 58.0 Å². The van der Waals surface area contributed by atoms with Crippen molar-refractivity contribution in [3.8, 4) is 0 Å². The van der Waals surface area contributed by atoms with Crippen molar-refractivity contribution in [3.63, 3.8) is 0 Å². The summed E-state index contributed by atoms with van der Waals surface area (Å²) in [7, 11) is 1.68. The Bertz CT molecular complexity index is 502. The van der Waals surface area contributed by atoms with Crippen LogP contribution in [-0.2, 0) is 11.3 Å². The van der Waals surface area contributed by atoms with Crippen LogP contribution < -0.4 is 0 Å². The monoisotopic (exact) mass is 298 g/mol. The summed E-state index contributed by atoms with van der Waals surface area (Å²) < 4.78 is 5.20. The van der Waals surface area contributed by atoms with Crippen molar-refractivity contribution >= 4 is 23.8 Å². The van der Waals surface area contributed by atoms with E-state index in [0.717, 1.165) is 17.1 Å². The van der Waals surface area contributed by atoms with Crippen LogP contribution in [0, 0.1) is 6.92 Å². The van der Waals surface area contributed by atoms with Crippen LogP contribution in [0.1, 0.15) is 11.3 Å². The highest BCUT2D eigenvalue weighted by Gasteiger charge is 2.33. The molecule has 2 heterocycles. The lowest BCUT2D eigenvalue weighted by molar-refractivity contribution is -0.141. The maximum absolute atomic E-state index is 12.4. The fraction of sp³-hybridized carbons (Fsp3) is 0.538. The van der Waals surface area contributed by atoms with Crippen molar-refractivity contribution in [2.75, 3.05) is 25.1 Å². The van der Waals surface area contributed by atoms with Crippen molar-refractivity contribution in [1.82, 2.24) is 9.80 Å². The van der Waals surface area contributed by atoms with Gasteiger partial charge in [-0.25, -0.2) is 9.59 Å². The third-order valence-corrected chi connectivity index (χ3v) is 4.38. The van der Waals surface area contributed by atoms with Gasteiger partial charge in [-0.05, 0) is 13.0 Å². The standard InChI is InChI=1S/C13H18N2O4S/c1-9-10(3-5-19-9)7-14(2)13(18)15-4-6-20-8-11(15)12(16)17/h3,5,11H,4,6-8H2,1-2H3,(H,16,17). The Morgan fingerprint density at radius 2 is 2.35 bits per heavy atom. The first-order valence-corrected chi connectivity index (χ1v) is 7.51. The Hall–Kier alpha value is -1.63. The van der Waals surface area contributed by atoms with Crippen molar-refractivity contribution in [3.05, 3.63) is 23.7 Å². The van der Waals surface area contributed by atoms with E-state index >= 15 is 0 Å². The number of rotatable bonds is 3. The molecule has 6 nitrogen and oxygen atoms in total. The van der Waals surface area contributed by atoms with Crippen LogP contribution in [0.4, 0.5) is 4.79 Å². The van der Waals surface area contributed by atoms with E-state index in [0.29, 0.717) is 18.8 Å². The number of aryl methyl sites for hydroxylation is 1. The summed E-state index contributed by atoms with van der Waals surface area (Å²) >= 11 is 1.56. The number of carboxylic acid groups (broad SMARTS) is 1. The quantitative estimate of drug-likeness (QED) is 0.918. The van der Waals surface area contributed by atoms with E-state index < -0.39 is 12.0 Å². The van der Waals surface area contributed by atoms with E-state index in [-0.39, 0.29) is 6.03 Å². The first-order chi connectivity index (χ1) is 9.50. The average molecular weight is 298 g/mol. The van der Waals surface area contributed by atoms with Gasteiger partial charge in [-0.1, -0.05) is 0 Å². The van der Waals surface area contributed by atoms with E-state index in [4.69, 9.17) is 4.42 Å². The Labute approximate surface area is 121 Å². The summed E-state index contributed by atoms with van der Waals surface area (Å²) in [6.07, 6.45) is 1.58. The van der Waals surface area contributed by atoms with Gasteiger partial charge in [0.05, 0.1) is 12.8 Å². The van der Waals surface area contributed by atoms with Crippen LogP contribution in [0.15, 0.2) is 16.7 Å². The number of hydrogen-bond donors (Lipinski definition) is 1. The molecule has 1 aliphatic rings. The minimum Gasteiger partial charge on any atom is -0.480 e. The predicted octanol–water partition coefficient (Wildman–Crippen LogP) is 1.64. The number of urea groups is 1. The normalized spacial score (nSPS) is 18.9. The molecule has 7 heteroatoms. The van der Waals surface area contributed by atoms with Gasteiger partial charge in [-0.15, -0.1) is 0 Å². The number of thioether (sulfide) groups is 1. The summed E-state index contributed by atoms with van der Waals surface area (Å²) in [6.45, 7) is 2.72. The highest BCUT2D eigenvalue weighted by atomic mass is 32.2. The van der Waals surface area contributed by atoms with E-state index in [2.05, 4.69) is 0 Å². The number of nitrogens with zero attached hydrogens (tertiary/aromatic N) is 2. The second-order valence-corrected chi connectivity index (χ2v) is 5.91. The molecular weight excluding hydrogens is 280 g/mol. The first kappa shape index (κ1) is 14.8. The van der Waals surface area contributed by atoms with Crippen molar-refractivity contribution in [2.45, 2.75) is 19.5 Å². The molecular formula is C13H18N2O4S. The number of carbonyl (C=O) groups is 2. The molecule has 0 saturated carbocycles. The number of carboxylic acids is 1. The molecule has 20 heavy (non-hydrogen) atoms.